The first kappa shape index (κ1) is 7.76. The van der Waals surface area contributed by atoms with Crippen molar-refractivity contribution in [3.05, 3.63) is 30.3 Å². The number of hydrogen-bond donors (Lipinski definition) is 1. The Balaban J connectivity index is 2.43. The van der Waals surface area contributed by atoms with Crippen LogP contribution in [0, 0.1) is 0 Å². The first-order valence-electron chi connectivity index (χ1n) is 2.92. The summed E-state index contributed by atoms with van der Waals surface area (Å²) in [6.07, 6.45) is 0. The van der Waals surface area contributed by atoms with Crippen molar-refractivity contribution in [3.63, 3.8) is 0 Å². The van der Waals surface area contributed by atoms with Crippen LogP contribution in [-0.2, 0) is 0 Å². The molecule has 1 N–H and O–H groups in total. The molecule has 0 unspecified atom stereocenters. The summed E-state index contributed by atoms with van der Waals surface area (Å²) in [5, 5.41) is 0.564. The highest BCUT2D eigenvalue weighted by Crippen LogP contribution is 2.11. The number of rotatable bonds is 3. The van der Waals surface area contributed by atoms with E-state index in [1.54, 1.807) is 0 Å². The predicted octanol–water partition coefficient (Wildman–Crippen LogP) is 2.94. The molecule has 54 valence electrons. The van der Waals surface area contributed by atoms with Crippen LogP contribution in [0.3, 0.4) is 0 Å². The summed E-state index contributed by atoms with van der Waals surface area (Å²) >= 11 is 6.93. The third kappa shape index (κ3) is 2.50. The maximum atomic E-state index is 5.45. The zero-order chi connectivity index (χ0) is 7.23. The fourth-order valence-electron chi connectivity index (χ4n) is 0.617. The van der Waals surface area contributed by atoms with Gasteiger partial charge in [0.25, 0.3) is 0 Å². The van der Waals surface area contributed by atoms with E-state index >= 15 is 0 Å². The lowest BCUT2D eigenvalue weighted by atomic mass is 10.3. The average Bonchev–Trinajstić information content (AvgIpc) is 2.03. The molecule has 0 spiro atoms. The summed E-state index contributed by atoms with van der Waals surface area (Å²) in [5.74, 6) is 0. The normalized spacial score (nSPS) is 9.30. The molecule has 0 amide bonds. The Bertz CT molecular complexity index is 178. The van der Waals surface area contributed by atoms with Gasteiger partial charge >= 0.3 is 0 Å². The van der Waals surface area contributed by atoms with Crippen LogP contribution < -0.4 is 4.72 Å². The molecule has 0 bridgehead atoms. The van der Waals surface area contributed by atoms with Gasteiger partial charge in [-0.3, -0.25) is 0 Å². The van der Waals surface area contributed by atoms with E-state index in [9.17, 15) is 0 Å². The van der Waals surface area contributed by atoms with E-state index in [0.717, 1.165) is 5.69 Å². The first-order valence-corrected chi connectivity index (χ1v) is 4.44. The van der Waals surface area contributed by atoms with Crippen molar-refractivity contribution in [2.24, 2.45) is 0 Å². The minimum Gasteiger partial charge on any atom is -0.329 e. The Labute approximate surface area is 69.9 Å². The Kier molecular flexibility index (Phi) is 3.47. The number of hydrogen-bond acceptors (Lipinski definition) is 2. The van der Waals surface area contributed by atoms with Crippen LogP contribution in [0.5, 0.6) is 0 Å². The molecule has 1 aromatic carbocycles. The van der Waals surface area contributed by atoms with Gasteiger partial charge in [-0.05, 0) is 24.1 Å². The molecule has 0 saturated heterocycles. The molecule has 0 aliphatic rings. The van der Waals surface area contributed by atoms with Crippen molar-refractivity contribution in [2.75, 3.05) is 9.93 Å². The molecular formula is C7H8ClNS. The van der Waals surface area contributed by atoms with Crippen LogP contribution in [0.1, 0.15) is 0 Å². The van der Waals surface area contributed by atoms with Gasteiger partial charge in [-0.25, -0.2) is 0 Å². The van der Waals surface area contributed by atoms with Crippen LogP contribution in [0.4, 0.5) is 5.69 Å². The molecule has 0 aliphatic heterocycles. The van der Waals surface area contributed by atoms with Crippen LogP contribution in [0.15, 0.2) is 30.3 Å². The summed E-state index contributed by atoms with van der Waals surface area (Å²) in [6, 6.07) is 9.95. The molecule has 0 heterocycles. The second kappa shape index (κ2) is 4.47. The van der Waals surface area contributed by atoms with E-state index in [2.05, 4.69) is 4.72 Å². The topological polar surface area (TPSA) is 12.0 Å². The predicted molar refractivity (Wildman–Crippen MR) is 48.4 cm³/mol. The molecule has 0 aliphatic carbocycles. The van der Waals surface area contributed by atoms with Gasteiger partial charge in [0, 0.05) is 5.69 Å². The Morgan fingerprint density at radius 3 is 2.60 bits per heavy atom. The lowest BCUT2D eigenvalue weighted by Gasteiger charge is -1.99. The summed E-state index contributed by atoms with van der Waals surface area (Å²) in [6.45, 7) is 0. The van der Waals surface area contributed by atoms with Crippen LogP contribution in [-0.4, -0.2) is 5.21 Å². The van der Waals surface area contributed by atoms with E-state index in [0.29, 0.717) is 5.21 Å². The van der Waals surface area contributed by atoms with Crippen molar-refractivity contribution in [2.45, 2.75) is 0 Å². The maximum Gasteiger partial charge on any atom is 0.0878 e. The summed E-state index contributed by atoms with van der Waals surface area (Å²) < 4.78 is 3.08. The minimum atomic E-state index is 0.564. The van der Waals surface area contributed by atoms with Gasteiger partial charge in [0.05, 0.1) is 5.21 Å². The van der Waals surface area contributed by atoms with Crippen LogP contribution in [0.2, 0.25) is 0 Å². The summed E-state index contributed by atoms with van der Waals surface area (Å²) in [7, 11) is 0. The highest BCUT2D eigenvalue weighted by Gasteiger charge is 1.85. The minimum absolute atomic E-state index is 0.564. The van der Waals surface area contributed by atoms with Crippen molar-refractivity contribution < 1.29 is 0 Å². The fourth-order valence-corrected chi connectivity index (χ4v) is 1.14. The molecule has 0 radical (unpaired) electrons. The Hall–Kier alpha value is -0.340. The van der Waals surface area contributed by atoms with E-state index in [-0.39, 0.29) is 0 Å². The van der Waals surface area contributed by atoms with E-state index in [1.165, 1.54) is 11.9 Å². The maximum absolute atomic E-state index is 5.45. The molecule has 0 aromatic heterocycles. The summed E-state index contributed by atoms with van der Waals surface area (Å²) in [5.41, 5.74) is 1.09. The molecule has 10 heavy (non-hydrogen) atoms. The molecule has 3 heteroatoms. The number of alkyl halides is 1. The van der Waals surface area contributed by atoms with E-state index < -0.39 is 0 Å². The highest BCUT2D eigenvalue weighted by atomic mass is 35.5. The van der Waals surface area contributed by atoms with Crippen molar-refractivity contribution in [3.8, 4) is 0 Å². The van der Waals surface area contributed by atoms with Crippen molar-refractivity contribution >= 4 is 29.2 Å². The molecule has 1 nitrogen and oxygen atoms in total. The van der Waals surface area contributed by atoms with Crippen molar-refractivity contribution in [1.29, 1.82) is 0 Å². The zero-order valence-corrected chi connectivity index (χ0v) is 6.95. The fraction of sp³-hybridized carbons (Fsp3) is 0.143. The molecular weight excluding hydrogens is 166 g/mol. The average molecular weight is 174 g/mol. The lowest BCUT2D eigenvalue weighted by Crippen LogP contribution is -1.83. The molecule has 0 saturated carbocycles. The highest BCUT2D eigenvalue weighted by molar-refractivity contribution is 8.01. The Morgan fingerprint density at radius 2 is 2.00 bits per heavy atom. The van der Waals surface area contributed by atoms with E-state index in [1.807, 2.05) is 30.3 Å². The quantitative estimate of drug-likeness (QED) is 0.557. The van der Waals surface area contributed by atoms with Gasteiger partial charge in [0.2, 0.25) is 0 Å². The van der Waals surface area contributed by atoms with E-state index in [4.69, 9.17) is 11.6 Å². The zero-order valence-electron chi connectivity index (χ0n) is 5.38. The smallest absolute Gasteiger partial charge is 0.0878 e. The monoisotopic (exact) mass is 173 g/mol. The van der Waals surface area contributed by atoms with Crippen molar-refractivity contribution in [1.82, 2.24) is 0 Å². The molecule has 1 aromatic rings. The van der Waals surface area contributed by atoms with Gasteiger partial charge in [-0.15, -0.1) is 11.6 Å². The molecule has 0 atom stereocenters. The Morgan fingerprint density at radius 1 is 1.30 bits per heavy atom. The first-order chi connectivity index (χ1) is 4.93. The van der Waals surface area contributed by atoms with Gasteiger partial charge in [0.1, 0.15) is 0 Å². The van der Waals surface area contributed by atoms with Gasteiger partial charge in [-0.1, -0.05) is 18.2 Å². The molecule has 0 fully saturated rings. The largest absolute Gasteiger partial charge is 0.329 e. The van der Waals surface area contributed by atoms with Gasteiger partial charge in [0.15, 0.2) is 0 Å². The second-order valence-corrected chi connectivity index (χ2v) is 3.09. The van der Waals surface area contributed by atoms with Crippen LogP contribution in [0.25, 0.3) is 0 Å². The summed E-state index contributed by atoms with van der Waals surface area (Å²) in [4.78, 5) is 0. The van der Waals surface area contributed by atoms with Gasteiger partial charge in [-0.2, -0.15) is 0 Å². The van der Waals surface area contributed by atoms with Crippen LogP contribution >= 0.6 is 23.5 Å². The number of para-hydroxylation sites is 1. The number of benzene rings is 1. The standard InChI is InChI=1S/C7H8ClNS/c8-6-10-9-7-4-2-1-3-5-7/h1-5,9H,6H2. The lowest BCUT2D eigenvalue weighted by molar-refractivity contribution is 1.68. The number of anilines is 1. The van der Waals surface area contributed by atoms with Gasteiger partial charge < -0.3 is 4.72 Å². The SMILES string of the molecule is ClCSNc1ccccc1. The number of halogens is 1. The third-order valence-corrected chi connectivity index (χ3v) is 1.83. The third-order valence-electron chi connectivity index (χ3n) is 1.02. The molecule has 1 rings (SSSR count). The second-order valence-electron chi connectivity index (χ2n) is 1.72. The number of nitrogens with one attached hydrogen (secondary N) is 1.